The highest BCUT2D eigenvalue weighted by Gasteiger charge is 2.37. The molecule has 0 aromatic carbocycles. The Hall–Kier alpha value is -1.61. The van der Waals surface area contributed by atoms with Gasteiger partial charge in [0, 0.05) is 11.8 Å². The Morgan fingerprint density at radius 2 is 1.78 bits per heavy atom. The third-order valence-corrected chi connectivity index (χ3v) is 5.41. The van der Waals surface area contributed by atoms with Crippen LogP contribution in [-0.2, 0) is 4.79 Å². The first kappa shape index (κ1) is 19.4. The Morgan fingerprint density at radius 3 is 2.17 bits per heavy atom. The number of ketones is 1. The molecule has 3 nitrogen and oxygen atoms in total. The van der Waals surface area contributed by atoms with Crippen molar-refractivity contribution < 1.29 is 4.79 Å². The first-order valence-electron chi connectivity index (χ1n) is 9.03. The Balaban J connectivity index is 3.12. The lowest BCUT2D eigenvalue weighted by molar-refractivity contribution is -0.126. The van der Waals surface area contributed by atoms with E-state index >= 15 is 0 Å². The molecule has 0 amide bonds. The molecule has 4 unspecified atom stereocenters. The Morgan fingerprint density at radius 1 is 1.17 bits per heavy atom. The normalized spacial score (nSPS) is 18.8. The fourth-order valence-corrected chi connectivity index (χ4v) is 3.33. The molecular formula is C20H30N2O. The number of carbonyl (C=O) groups is 1. The predicted octanol–water partition coefficient (Wildman–Crippen LogP) is 5.19. The van der Waals surface area contributed by atoms with Crippen LogP contribution in [0.15, 0.2) is 11.1 Å². The molecule has 1 aliphatic carbocycles. The lowest BCUT2D eigenvalue weighted by Gasteiger charge is -2.30. The summed E-state index contributed by atoms with van der Waals surface area (Å²) in [6, 6.07) is 4.67. The Kier molecular flexibility index (Phi) is 8.04. The van der Waals surface area contributed by atoms with E-state index in [0.717, 1.165) is 44.1 Å². The number of nitrogens with zero attached hydrogens (tertiary/aromatic N) is 2. The molecule has 0 heterocycles. The highest BCUT2D eigenvalue weighted by Crippen LogP contribution is 2.38. The molecule has 126 valence electrons. The van der Waals surface area contributed by atoms with E-state index < -0.39 is 5.92 Å². The van der Waals surface area contributed by atoms with Crippen molar-refractivity contribution in [2.75, 3.05) is 0 Å². The molecule has 0 bridgehead atoms. The van der Waals surface area contributed by atoms with Crippen molar-refractivity contribution in [2.45, 2.75) is 72.6 Å². The fraction of sp³-hybridized carbons (Fsp3) is 0.750. The molecule has 0 aromatic heterocycles. The molecule has 1 aliphatic rings. The van der Waals surface area contributed by atoms with Crippen molar-refractivity contribution in [3.8, 4) is 12.1 Å². The van der Waals surface area contributed by atoms with Gasteiger partial charge in [0.15, 0.2) is 5.78 Å². The molecule has 0 aliphatic heterocycles. The van der Waals surface area contributed by atoms with Crippen molar-refractivity contribution in [3.05, 3.63) is 11.1 Å². The zero-order chi connectivity index (χ0) is 17.4. The monoisotopic (exact) mass is 314 g/mol. The van der Waals surface area contributed by atoms with Crippen LogP contribution in [0.5, 0.6) is 0 Å². The second kappa shape index (κ2) is 9.51. The number of allylic oxidation sites excluding steroid dienone is 2. The van der Waals surface area contributed by atoms with E-state index in [2.05, 4.69) is 19.1 Å². The summed E-state index contributed by atoms with van der Waals surface area (Å²) in [5.41, 5.74) is 2.49. The second-order valence-electron chi connectivity index (χ2n) is 6.87. The number of unbranched alkanes of at least 4 members (excludes halogenated alkanes) is 1. The Labute approximate surface area is 141 Å². The van der Waals surface area contributed by atoms with Gasteiger partial charge in [-0.05, 0) is 39.0 Å². The maximum absolute atomic E-state index is 12.7. The van der Waals surface area contributed by atoms with Gasteiger partial charge in [-0.15, -0.1) is 0 Å². The van der Waals surface area contributed by atoms with Crippen molar-refractivity contribution in [1.82, 2.24) is 0 Å². The van der Waals surface area contributed by atoms with Crippen LogP contribution in [0.3, 0.4) is 0 Å². The maximum atomic E-state index is 12.7. The Bertz CT molecular complexity index is 515. The summed E-state index contributed by atoms with van der Waals surface area (Å²) in [4.78, 5) is 12.7. The van der Waals surface area contributed by atoms with Crippen LogP contribution in [0, 0.1) is 46.3 Å². The van der Waals surface area contributed by atoms with Crippen LogP contribution in [0.4, 0.5) is 0 Å². The number of carbonyl (C=O) groups excluding carboxylic acids is 1. The summed E-state index contributed by atoms with van der Waals surface area (Å²) in [5, 5.41) is 19.4. The molecular weight excluding hydrogens is 284 g/mol. The number of rotatable bonds is 9. The predicted molar refractivity (Wildman–Crippen MR) is 92.2 cm³/mol. The van der Waals surface area contributed by atoms with E-state index in [1.807, 2.05) is 20.8 Å². The first-order valence-corrected chi connectivity index (χ1v) is 9.03. The van der Waals surface area contributed by atoms with E-state index in [0.29, 0.717) is 0 Å². The van der Waals surface area contributed by atoms with Crippen LogP contribution >= 0.6 is 0 Å². The van der Waals surface area contributed by atoms with Gasteiger partial charge in [-0.2, -0.15) is 10.5 Å². The van der Waals surface area contributed by atoms with Crippen molar-refractivity contribution in [1.29, 1.82) is 10.5 Å². The molecule has 0 saturated heterocycles. The summed E-state index contributed by atoms with van der Waals surface area (Å²) in [6.45, 7) is 8.00. The standard InChI is InChI=1S/C20H30N2O/c1-5-7-11-17(19(13-22)20(23)14(3)6-2)18(12-21)15(4)16-9-8-10-16/h14,17-19H,5-11H2,1-4H3. The van der Waals surface area contributed by atoms with Crippen molar-refractivity contribution in [2.24, 2.45) is 23.7 Å². The lowest BCUT2D eigenvalue weighted by atomic mass is 9.70. The highest BCUT2D eigenvalue weighted by atomic mass is 16.1. The van der Waals surface area contributed by atoms with E-state index in [1.54, 1.807) is 0 Å². The summed E-state index contributed by atoms with van der Waals surface area (Å²) in [5.74, 6) is -1.21. The summed E-state index contributed by atoms with van der Waals surface area (Å²) < 4.78 is 0. The van der Waals surface area contributed by atoms with Gasteiger partial charge >= 0.3 is 0 Å². The van der Waals surface area contributed by atoms with Crippen LogP contribution in [0.25, 0.3) is 0 Å². The third-order valence-electron chi connectivity index (χ3n) is 5.41. The van der Waals surface area contributed by atoms with Gasteiger partial charge in [-0.3, -0.25) is 4.79 Å². The van der Waals surface area contributed by atoms with Crippen LogP contribution in [-0.4, -0.2) is 5.78 Å². The molecule has 0 aromatic rings. The minimum absolute atomic E-state index is 0.0164. The summed E-state index contributed by atoms with van der Waals surface area (Å²) >= 11 is 0. The smallest absolute Gasteiger partial charge is 0.153 e. The fourth-order valence-electron chi connectivity index (χ4n) is 3.33. The minimum atomic E-state index is -0.656. The average molecular weight is 314 g/mol. The zero-order valence-electron chi connectivity index (χ0n) is 15.1. The molecule has 4 atom stereocenters. The topological polar surface area (TPSA) is 64.7 Å². The average Bonchev–Trinajstić information content (AvgIpc) is 2.50. The van der Waals surface area contributed by atoms with Gasteiger partial charge in [-0.1, -0.05) is 44.8 Å². The molecule has 1 saturated carbocycles. The quantitative estimate of drug-likeness (QED) is 0.550. The number of hydrogen-bond donors (Lipinski definition) is 0. The number of nitriles is 2. The number of hydrogen-bond acceptors (Lipinski definition) is 3. The van der Waals surface area contributed by atoms with Crippen LogP contribution < -0.4 is 0 Å². The van der Waals surface area contributed by atoms with Gasteiger partial charge in [0.25, 0.3) is 0 Å². The highest BCUT2D eigenvalue weighted by molar-refractivity contribution is 5.85. The summed E-state index contributed by atoms with van der Waals surface area (Å²) in [6.07, 6.45) is 6.83. The van der Waals surface area contributed by atoms with E-state index in [4.69, 9.17) is 0 Å². The van der Waals surface area contributed by atoms with Gasteiger partial charge in [0.2, 0.25) is 0 Å². The van der Waals surface area contributed by atoms with E-state index in [-0.39, 0.29) is 23.5 Å². The minimum Gasteiger partial charge on any atom is -0.298 e. The SMILES string of the molecule is CCCCC(C(C#N)C(=O)C(C)CC)C(C#N)C(C)=C1CCC1. The number of Topliss-reactive ketones (excluding diaryl/α,β-unsaturated/α-hetero) is 1. The summed E-state index contributed by atoms with van der Waals surface area (Å²) in [7, 11) is 0. The maximum Gasteiger partial charge on any atom is 0.153 e. The lowest BCUT2D eigenvalue weighted by Crippen LogP contribution is -2.32. The van der Waals surface area contributed by atoms with Crippen LogP contribution in [0.2, 0.25) is 0 Å². The van der Waals surface area contributed by atoms with Crippen molar-refractivity contribution >= 4 is 5.78 Å². The zero-order valence-corrected chi connectivity index (χ0v) is 15.1. The molecule has 0 spiro atoms. The van der Waals surface area contributed by atoms with Gasteiger partial charge < -0.3 is 0 Å². The molecule has 23 heavy (non-hydrogen) atoms. The second-order valence-corrected chi connectivity index (χ2v) is 6.87. The van der Waals surface area contributed by atoms with Gasteiger partial charge in [0.05, 0.1) is 18.1 Å². The molecule has 3 heteroatoms. The van der Waals surface area contributed by atoms with Crippen LogP contribution in [0.1, 0.15) is 72.6 Å². The molecule has 1 fully saturated rings. The largest absolute Gasteiger partial charge is 0.298 e. The molecule has 0 N–H and O–H groups in total. The first-order chi connectivity index (χ1) is 11.0. The van der Waals surface area contributed by atoms with Crippen molar-refractivity contribution in [3.63, 3.8) is 0 Å². The molecule has 1 rings (SSSR count). The van der Waals surface area contributed by atoms with E-state index in [9.17, 15) is 15.3 Å². The van der Waals surface area contributed by atoms with Gasteiger partial charge in [-0.25, -0.2) is 0 Å². The third kappa shape index (κ3) is 4.68. The molecule has 0 radical (unpaired) electrons. The van der Waals surface area contributed by atoms with Gasteiger partial charge in [0.1, 0.15) is 5.92 Å². The van der Waals surface area contributed by atoms with E-state index in [1.165, 1.54) is 12.0 Å².